The van der Waals surface area contributed by atoms with Gasteiger partial charge in [-0.3, -0.25) is 9.67 Å². The van der Waals surface area contributed by atoms with Crippen molar-refractivity contribution in [2.24, 2.45) is 12.0 Å². The van der Waals surface area contributed by atoms with E-state index >= 15 is 0 Å². The molecule has 1 unspecified atom stereocenters. The molecule has 152 valence electrons. The van der Waals surface area contributed by atoms with Crippen LogP contribution in [-0.4, -0.2) is 34.9 Å². The van der Waals surface area contributed by atoms with Crippen molar-refractivity contribution < 1.29 is 0 Å². The number of benzene rings is 1. The maximum Gasteiger partial charge on any atom is 0.191 e. The third kappa shape index (κ3) is 4.40. The van der Waals surface area contributed by atoms with E-state index in [0.29, 0.717) is 0 Å². The van der Waals surface area contributed by atoms with Crippen LogP contribution in [0.25, 0.3) is 0 Å². The van der Waals surface area contributed by atoms with Crippen LogP contribution in [0.2, 0.25) is 0 Å². The largest absolute Gasteiger partial charge is 0.357 e. The van der Waals surface area contributed by atoms with E-state index in [0.717, 1.165) is 31.2 Å². The first-order chi connectivity index (χ1) is 13.4. The molecule has 2 N–H and O–H groups in total. The second-order valence-corrected chi connectivity index (χ2v) is 8.31. The molecular formula is C23H35N5. The van der Waals surface area contributed by atoms with Gasteiger partial charge in [0.1, 0.15) is 0 Å². The Kier molecular flexibility index (Phi) is 6.11. The number of hydrogen-bond donors (Lipinski definition) is 2. The fourth-order valence-electron chi connectivity index (χ4n) is 4.09. The zero-order valence-corrected chi connectivity index (χ0v) is 18.3. The van der Waals surface area contributed by atoms with Gasteiger partial charge in [-0.1, -0.05) is 24.3 Å². The van der Waals surface area contributed by atoms with E-state index in [1.807, 2.05) is 11.7 Å². The van der Waals surface area contributed by atoms with Gasteiger partial charge in [-0.15, -0.1) is 0 Å². The maximum atomic E-state index is 4.97. The molecule has 1 fully saturated rings. The zero-order chi connectivity index (χ0) is 20.3. The fourth-order valence-corrected chi connectivity index (χ4v) is 4.09. The first-order valence-electron chi connectivity index (χ1n) is 10.5. The molecular weight excluding hydrogens is 346 g/mol. The highest BCUT2D eigenvalue weighted by Crippen LogP contribution is 2.49. The molecule has 5 heteroatoms. The van der Waals surface area contributed by atoms with Crippen molar-refractivity contribution in [3.8, 4) is 0 Å². The van der Waals surface area contributed by atoms with E-state index in [1.165, 1.54) is 35.2 Å². The molecule has 0 spiro atoms. The molecule has 1 aromatic heterocycles. The molecule has 1 aliphatic rings. The highest BCUT2D eigenvalue weighted by molar-refractivity contribution is 5.80. The van der Waals surface area contributed by atoms with Crippen molar-refractivity contribution in [1.82, 2.24) is 20.4 Å². The molecule has 2 aromatic rings. The number of nitrogens with zero attached hydrogens (tertiary/aromatic N) is 3. The van der Waals surface area contributed by atoms with Crippen LogP contribution in [0.1, 0.15) is 54.8 Å². The van der Waals surface area contributed by atoms with Gasteiger partial charge in [-0.2, -0.15) is 5.10 Å². The Bertz CT molecular complexity index is 845. The smallest absolute Gasteiger partial charge is 0.191 e. The maximum absolute atomic E-state index is 4.97. The molecule has 0 radical (unpaired) electrons. The Morgan fingerprint density at radius 1 is 1.25 bits per heavy atom. The number of aliphatic imine (C=N–C) groups is 1. The van der Waals surface area contributed by atoms with E-state index in [2.05, 4.69) is 74.6 Å². The summed E-state index contributed by atoms with van der Waals surface area (Å²) in [6, 6.07) is 9.04. The van der Waals surface area contributed by atoms with Crippen LogP contribution in [0.5, 0.6) is 0 Å². The lowest BCUT2D eigenvalue weighted by molar-refractivity contribution is 0.627. The van der Waals surface area contributed by atoms with E-state index in [-0.39, 0.29) is 11.5 Å². The van der Waals surface area contributed by atoms with Crippen LogP contribution in [0.15, 0.2) is 29.3 Å². The summed E-state index contributed by atoms with van der Waals surface area (Å²) >= 11 is 0. The quantitative estimate of drug-likeness (QED) is 0.569. The Morgan fingerprint density at radius 3 is 2.54 bits per heavy atom. The topological polar surface area (TPSA) is 54.2 Å². The lowest BCUT2D eigenvalue weighted by Gasteiger charge is -2.20. The molecule has 0 saturated heterocycles. The van der Waals surface area contributed by atoms with Gasteiger partial charge in [0.15, 0.2) is 5.96 Å². The SMILES string of the molecule is CCNC(=NCC1(c2ccccc2C)CC1)NC(C)Cc1c(C)nn(C)c1C. The standard InChI is InChI=1S/C23H35N5/c1-7-24-22(26-17(3)14-20-18(4)27-28(6)19(20)5)25-15-23(12-13-23)21-11-9-8-10-16(21)2/h8-11,17H,7,12-15H2,1-6H3,(H2,24,25,26). The minimum Gasteiger partial charge on any atom is -0.357 e. The van der Waals surface area contributed by atoms with Crippen molar-refractivity contribution in [2.75, 3.05) is 13.1 Å². The third-order valence-corrected chi connectivity index (χ3v) is 6.01. The monoisotopic (exact) mass is 381 g/mol. The molecule has 0 aliphatic heterocycles. The van der Waals surface area contributed by atoms with Gasteiger partial charge < -0.3 is 10.6 Å². The van der Waals surface area contributed by atoms with E-state index in [9.17, 15) is 0 Å². The fraction of sp³-hybridized carbons (Fsp3) is 0.565. The molecule has 1 aliphatic carbocycles. The summed E-state index contributed by atoms with van der Waals surface area (Å²) in [6.07, 6.45) is 3.40. The molecule has 0 bridgehead atoms. The summed E-state index contributed by atoms with van der Waals surface area (Å²) in [6.45, 7) is 12.5. The van der Waals surface area contributed by atoms with Gasteiger partial charge in [0.25, 0.3) is 0 Å². The van der Waals surface area contributed by atoms with Crippen LogP contribution in [0.3, 0.4) is 0 Å². The van der Waals surface area contributed by atoms with Crippen molar-refractivity contribution in [3.05, 3.63) is 52.3 Å². The lowest BCUT2D eigenvalue weighted by atomic mass is 9.92. The second kappa shape index (κ2) is 8.38. The lowest BCUT2D eigenvalue weighted by Crippen LogP contribution is -2.43. The predicted molar refractivity (Wildman–Crippen MR) is 117 cm³/mol. The Labute approximate surface area is 169 Å². The van der Waals surface area contributed by atoms with E-state index in [1.54, 1.807) is 0 Å². The summed E-state index contributed by atoms with van der Waals surface area (Å²) in [7, 11) is 2.01. The minimum atomic E-state index is 0.230. The first-order valence-corrected chi connectivity index (χ1v) is 10.5. The highest BCUT2D eigenvalue weighted by Gasteiger charge is 2.44. The van der Waals surface area contributed by atoms with Gasteiger partial charge in [-0.25, -0.2) is 0 Å². The van der Waals surface area contributed by atoms with Crippen molar-refractivity contribution >= 4 is 5.96 Å². The second-order valence-electron chi connectivity index (χ2n) is 8.31. The predicted octanol–water partition coefficient (Wildman–Crippen LogP) is 3.56. The Hall–Kier alpha value is -2.30. The van der Waals surface area contributed by atoms with E-state index in [4.69, 9.17) is 4.99 Å². The Morgan fingerprint density at radius 2 is 1.96 bits per heavy atom. The first kappa shape index (κ1) is 20.4. The normalized spacial score (nSPS) is 16.7. The van der Waals surface area contributed by atoms with Crippen LogP contribution >= 0.6 is 0 Å². The molecule has 1 aromatic carbocycles. The molecule has 1 atom stereocenters. The zero-order valence-electron chi connectivity index (χ0n) is 18.3. The molecule has 5 nitrogen and oxygen atoms in total. The number of hydrogen-bond acceptors (Lipinski definition) is 2. The van der Waals surface area contributed by atoms with Crippen LogP contribution in [-0.2, 0) is 18.9 Å². The van der Waals surface area contributed by atoms with Gasteiger partial charge in [-0.05, 0) is 70.6 Å². The third-order valence-electron chi connectivity index (χ3n) is 6.01. The molecule has 1 heterocycles. The van der Waals surface area contributed by atoms with Gasteiger partial charge in [0.05, 0.1) is 12.2 Å². The number of aryl methyl sites for hydroxylation is 3. The van der Waals surface area contributed by atoms with Gasteiger partial charge in [0.2, 0.25) is 0 Å². The van der Waals surface area contributed by atoms with Gasteiger partial charge >= 0.3 is 0 Å². The average molecular weight is 382 g/mol. The van der Waals surface area contributed by atoms with Crippen molar-refractivity contribution in [3.63, 3.8) is 0 Å². The summed E-state index contributed by atoms with van der Waals surface area (Å²) in [5.74, 6) is 0.911. The summed E-state index contributed by atoms with van der Waals surface area (Å²) < 4.78 is 1.97. The average Bonchev–Trinajstić information content (AvgIpc) is 3.40. The Balaban J connectivity index is 1.68. The number of rotatable bonds is 7. The molecule has 0 amide bonds. The van der Waals surface area contributed by atoms with Crippen molar-refractivity contribution in [1.29, 1.82) is 0 Å². The minimum absolute atomic E-state index is 0.230. The summed E-state index contributed by atoms with van der Waals surface area (Å²) in [4.78, 5) is 4.97. The van der Waals surface area contributed by atoms with Crippen LogP contribution < -0.4 is 10.6 Å². The molecule has 28 heavy (non-hydrogen) atoms. The highest BCUT2D eigenvalue weighted by atomic mass is 15.3. The number of aromatic nitrogens is 2. The summed E-state index contributed by atoms with van der Waals surface area (Å²) in [5.41, 5.74) is 6.76. The number of nitrogens with one attached hydrogen (secondary N) is 2. The van der Waals surface area contributed by atoms with Crippen LogP contribution in [0.4, 0.5) is 0 Å². The van der Waals surface area contributed by atoms with E-state index < -0.39 is 0 Å². The summed E-state index contributed by atoms with van der Waals surface area (Å²) in [5, 5.41) is 11.6. The number of guanidine groups is 1. The molecule has 1 saturated carbocycles. The van der Waals surface area contributed by atoms with Crippen LogP contribution in [0, 0.1) is 20.8 Å². The van der Waals surface area contributed by atoms with Crippen molar-refractivity contribution in [2.45, 2.75) is 65.3 Å². The van der Waals surface area contributed by atoms with Gasteiger partial charge in [0, 0.05) is 30.7 Å². The molecule has 3 rings (SSSR count).